The first-order chi connectivity index (χ1) is 9.71. The zero-order chi connectivity index (χ0) is 14.8. The minimum absolute atomic E-state index is 0.666. The van der Waals surface area contributed by atoms with Crippen LogP contribution in [-0.4, -0.2) is 17.8 Å². The molecule has 1 rings (SSSR count). The second kappa shape index (κ2) is 10.3. The monoisotopic (exact) mass is 293 g/mol. The first-order valence-corrected chi connectivity index (χ1v) is 9.16. The molecule has 0 saturated heterocycles. The Morgan fingerprint density at radius 1 is 1.15 bits per heavy atom. The summed E-state index contributed by atoms with van der Waals surface area (Å²) in [5, 5.41) is 4.47. The lowest BCUT2D eigenvalue weighted by molar-refractivity contribution is 0.454. The first kappa shape index (κ1) is 17.6. The van der Waals surface area contributed by atoms with Crippen LogP contribution in [0.4, 0.5) is 0 Å². The van der Waals surface area contributed by atoms with Crippen molar-refractivity contribution in [1.29, 1.82) is 0 Å². The standard InChI is InChI=1S/C18H31NS/c1-5-9-17(19-12-6-2)18(7-3)20-14-16-11-8-10-15(4)13-16/h8,10-11,13,17-19H,5-7,9,12,14H2,1-4H3. The molecule has 2 atom stereocenters. The van der Waals surface area contributed by atoms with Gasteiger partial charge in [0.15, 0.2) is 0 Å². The van der Waals surface area contributed by atoms with E-state index in [1.165, 1.54) is 36.8 Å². The number of nitrogens with one attached hydrogen (secondary N) is 1. The number of benzene rings is 1. The average Bonchev–Trinajstić information content (AvgIpc) is 2.45. The zero-order valence-corrected chi connectivity index (χ0v) is 14.4. The second-order valence-corrected chi connectivity index (χ2v) is 6.82. The molecule has 2 heteroatoms. The predicted molar refractivity (Wildman–Crippen MR) is 93.5 cm³/mol. The third-order valence-corrected chi connectivity index (χ3v) is 5.24. The van der Waals surface area contributed by atoms with Crippen molar-refractivity contribution in [2.45, 2.75) is 70.4 Å². The van der Waals surface area contributed by atoms with Gasteiger partial charge in [0.1, 0.15) is 0 Å². The van der Waals surface area contributed by atoms with E-state index in [2.05, 4.69) is 69.0 Å². The van der Waals surface area contributed by atoms with E-state index in [1.807, 2.05) is 0 Å². The summed E-state index contributed by atoms with van der Waals surface area (Å²) in [6.07, 6.45) is 5.03. The molecular formula is C18H31NS. The van der Waals surface area contributed by atoms with Crippen molar-refractivity contribution in [2.24, 2.45) is 0 Å². The second-order valence-electron chi connectivity index (χ2n) is 5.60. The molecule has 1 aromatic rings. The molecule has 0 spiro atoms. The van der Waals surface area contributed by atoms with Gasteiger partial charge in [0.25, 0.3) is 0 Å². The van der Waals surface area contributed by atoms with Crippen LogP contribution in [0, 0.1) is 6.92 Å². The molecule has 1 N–H and O–H groups in total. The average molecular weight is 294 g/mol. The minimum Gasteiger partial charge on any atom is -0.313 e. The Labute approximate surface area is 129 Å². The third-order valence-electron chi connectivity index (χ3n) is 3.65. The number of hydrogen-bond donors (Lipinski definition) is 1. The van der Waals surface area contributed by atoms with Crippen molar-refractivity contribution in [3.8, 4) is 0 Å². The van der Waals surface area contributed by atoms with Crippen LogP contribution in [0.3, 0.4) is 0 Å². The molecule has 20 heavy (non-hydrogen) atoms. The van der Waals surface area contributed by atoms with Gasteiger partial charge in [-0.1, -0.05) is 57.0 Å². The van der Waals surface area contributed by atoms with Crippen molar-refractivity contribution < 1.29 is 0 Å². The maximum absolute atomic E-state index is 3.75. The van der Waals surface area contributed by atoms with Gasteiger partial charge in [0, 0.05) is 17.0 Å². The van der Waals surface area contributed by atoms with Crippen LogP contribution in [0.25, 0.3) is 0 Å². The molecule has 2 unspecified atom stereocenters. The highest BCUT2D eigenvalue weighted by Crippen LogP contribution is 2.25. The Morgan fingerprint density at radius 3 is 2.55 bits per heavy atom. The van der Waals surface area contributed by atoms with Gasteiger partial charge >= 0.3 is 0 Å². The predicted octanol–water partition coefficient (Wildman–Crippen LogP) is 5.18. The Kier molecular flexibility index (Phi) is 9.04. The fraction of sp³-hybridized carbons (Fsp3) is 0.667. The van der Waals surface area contributed by atoms with Crippen LogP contribution in [0.5, 0.6) is 0 Å². The van der Waals surface area contributed by atoms with E-state index in [9.17, 15) is 0 Å². The van der Waals surface area contributed by atoms with E-state index in [0.29, 0.717) is 6.04 Å². The molecule has 1 aromatic carbocycles. The van der Waals surface area contributed by atoms with Gasteiger partial charge in [-0.25, -0.2) is 0 Å². The van der Waals surface area contributed by atoms with Gasteiger partial charge in [-0.3, -0.25) is 0 Å². The van der Waals surface area contributed by atoms with Gasteiger partial charge < -0.3 is 5.32 Å². The van der Waals surface area contributed by atoms with Crippen molar-refractivity contribution in [1.82, 2.24) is 5.32 Å². The molecule has 0 aliphatic rings. The Morgan fingerprint density at radius 2 is 1.95 bits per heavy atom. The highest BCUT2D eigenvalue weighted by atomic mass is 32.2. The first-order valence-electron chi connectivity index (χ1n) is 8.11. The molecule has 114 valence electrons. The highest BCUT2D eigenvalue weighted by molar-refractivity contribution is 7.99. The molecular weight excluding hydrogens is 262 g/mol. The summed E-state index contributed by atoms with van der Waals surface area (Å²) in [4.78, 5) is 0. The van der Waals surface area contributed by atoms with E-state index < -0.39 is 0 Å². The Balaban J connectivity index is 2.54. The maximum Gasteiger partial charge on any atom is 0.0201 e. The smallest absolute Gasteiger partial charge is 0.0201 e. The normalized spacial score (nSPS) is 14.2. The zero-order valence-electron chi connectivity index (χ0n) is 13.6. The summed E-state index contributed by atoms with van der Waals surface area (Å²) < 4.78 is 0. The quantitative estimate of drug-likeness (QED) is 0.638. The molecule has 0 aromatic heterocycles. The summed E-state index contributed by atoms with van der Waals surface area (Å²) in [7, 11) is 0. The molecule has 0 fully saturated rings. The largest absolute Gasteiger partial charge is 0.313 e. The molecule has 0 amide bonds. The van der Waals surface area contributed by atoms with Crippen LogP contribution in [0.1, 0.15) is 57.6 Å². The van der Waals surface area contributed by atoms with E-state index in [1.54, 1.807) is 0 Å². The molecule has 0 saturated carbocycles. The SMILES string of the molecule is CCCNC(CCC)C(CC)SCc1cccc(C)c1. The van der Waals surface area contributed by atoms with Crippen LogP contribution < -0.4 is 5.32 Å². The van der Waals surface area contributed by atoms with Gasteiger partial charge in [-0.15, -0.1) is 0 Å². The molecule has 0 bridgehead atoms. The van der Waals surface area contributed by atoms with Gasteiger partial charge in [0.05, 0.1) is 0 Å². The molecule has 0 heterocycles. The lowest BCUT2D eigenvalue weighted by Crippen LogP contribution is -2.38. The highest BCUT2D eigenvalue weighted by Gasteiger charge is 2.18. The number of rotatable bonds is 10. The summed E-state index contributed by atoms with van der Waals surface area (Å²) in [5.74, 6) is 1.13. The topological polar surface area (TPSA) is 12.0 Å². The van der Waals surface area contributed by atoms with Crippen LogP contribution in [0.2, 0.25) is 0 Å². The maximum atomic E-state index is 3.75. The van der Waals surface area contributed by atoms with Crippen LogP contribution in [0.15, 0.2) is 24.3 Å². The van der Waals surface area contributed by atoms with E-state index in [-0.39, 0.29) is 0 Å². The number of aryl methyl sites for hydroxylation is 1. The fourth-order valence-corrected chi connectivity index (χ4v) is 3.87. The van der Waals surface area contributed by atoms with Crippen molar-refractivity contribution >= 4 is 11.8 Å². The molecule has 0 aliphatic carbocycles. The third kappa shape index (κ3) is 6.32. The van der Waals surface area contributed by atoms with E-state index >= 15 is 0 Å². The lowest BCUT2D eigenvalue weighted by Gasteiger charge is -2.27. The summed E-state index contributed by atoms with van der Waals surface area (Å²) in [6, 6.07) is 9.58. The van der Waals surface area contributed by atoms with Crippen LogP contribution in [-0.2, 0) is 5.75 Å². The van der Waals surface area contributed by atoms with Gasteiger partial charge in [-0.2, -0.15) is 11.8 Å². The van der Waals surface area contributed by atoms with Crippen LogP contribution >= 0.6 is 11.8 Å². The number of hydrogen-bond acceptors (Lipinski definition) is 2. The Bertz CT molecular complexity index is 364. The number of thioether (sulfide) groups is 1. The van der Waals surface area contributed by atoms with E-state index in [0.717, 1.165) is 17.5 Å². The minimum atomic E-state index is 0.666. The Hall–Kier alpha value is -0.470. The molecule has 0 aliphatic heterocycles. The van der Waals surface area contributed by atoms with Crippen molar-refractivity contribution in [3.05, 3.63) is 35.4 Å². The summed E-state index contributed by atoms with van der Waals surface area (Å²) in [6.45, 7) is 10.2. The van der Waals surface area contributed by atoms with Crippen molar-refractivity contribution in [2.75, 3.05) is 6.54 Å². The molecule has 1 nitrogen and oxygen atoms in total. The van der Waals surface area contributed by atoms with Crippen molar-refractivity contribution in [3.63, 3.8) is 0 Å². The summed E-state index contributed by atoms with van der Waals surface area (Å²) >= 11 is 2.12. The van der Waals surface area contributed by atoms with Gasteiger partial charge in [0.2, 0.25) is 0 Å². The van der Waals surface area contributed by atoms with Gasteiger partial charge in [-0.05, 0) is 38.3 Å². The molecule has 0 radical (unpaired) electrons. The van der Waals surface area contributed by atoms with E-state index in [4.69, 9.17) is 0 Å². The fourth-order valence-electron chi connectivity index (χ4n) is 2.58. The lowest BCUT2D eigenvalue weighted by atomic mass is 10.1. The summed E-state index contributed by atoms with van der Waals surface area (Å²) in [5.41, 5.74) is 2.82.